The van der Waals surface area contributed by atoms with Crippen LogP contribution in [0.25, 0.3) is 11.1 Å². The van der Waals surface area contributed by atoms with Gasteiger partial charge >= 0.3 is 0 Å². The number of nitrogens with two attached hydrogens (primary N) is 1. The van der Waals surface area contributed by atoms with Crippen LogP contribution < -0.4 is 5.14 Å². The normalized spacial score (nSPS) is 11.3. The van der Waals surface area contributed by atoms with Crippen LogP contribution in [0.5, 0.6) is 0 Å². The molecule has 0 saturated heterocycles. The fourth-order valence-corrected chi connectivity index (χ4v) is 1.91. The Morgan fingerprint density at radius 3 is 2.19 bits per heavy atom. The van der Waals surface area contributed by atoms with E-state index in [0.29, 0.717) is 0 Å². The molecule has 0 aliphatic heterocycles. The maximum Gasteiger partial charge on any atom is 0.238 e. The van der Waals surface area contributed by atoms with E-state index in [4.69, 9.17) is 5.14 Å². The lowest BCUT2D eigenvalue weighted by molar-refractivity contribution is 0.598. The average Bonchev–Trinajstić information content (AvgIpc) is 2.29. The predicted molar refractivity (Wildman–Crippen MR) is 62.1 cm³/mol. The molecule has 3 nitrogen and oxygen atoms in total. The van der Waals surface area contributed by atoms with Crippen LogP contribution in [0, 0.1) is 6.07 Å². The molecule has 0 bridgehead atoms. The molecule has 0 unspecified atom stereocenters. The Bertz CT molecular complexity index is 574. The molecule has 0 saturated carbocycles. The third-order valence-electron chi connectivity index (χ3n) is 2.20. The van der Waals surface area contributed by atoms with E-state index in [1.54, 1.807) is 12.1 Å². The summed E-state index contributed by atoms with van der Waals surface area (Å²) in [6, 6.07) is 17.0. The maximum absolute atomic E-state index is 11.1. The number of primary sulfonamides is 1. The highest BCUT2D eigenvalue weighted by Crippen LogP contribution is 2.19. The van der Waals surface area contributed by atoms with Crippen molar-refractivity contribution in [3.63, 3.8) is 0 Å². The first-order valence-corrected chi connectivity index (χ1v) is 6.22. The van der Waals surface area contributed by atoms with E-state index < -0.39 is 10.0 Å². The second-order valence-electron chi connectivity index (χ2n) is 3.35. The molecule has 2 aromatic carbocycles. The molecule has 0 aromatic heterocycles. The van der Waals surface area contributed by atoms with Crippen molar-refractivity contribution < 1.29 is 8.42 Å². The number of sulfonamides is 1. The summed E-state index contributed by atoms with van der Waals surface area (Å²) >= 11 is 0. The van der Waals surface area contributed by atoms with Gasteiger partial charge in [-0.15, -0.1) is 0 Å². The predicted octanol–water partition coefficient (Wildman–Crippen LogP) is 1.80. The molecular weight excluding hydrogens is 222 g/mol. The molecule has 0 fully saturated rings. The molecular formula is C12H10NO2S. The topological polar surface area (TPSA) is 60.2 Å². The molecule has 2 N–H and O–H groups in total. The highest BCUT2D eigenvalue weighted by atomic mass is 32.2. The molecule has 81 valence electrons. The Balaban J connectivity index is 2.41. The van der Waals surface area contributed by atoms with Crippen LogP contribution in [0.1, 0.15) is 0 Å². The molecule has 0 aliphatic rings. The summed E-state index contributed by atoms with van der Waals surface area (Å²) in [4.78, 5) is 0.118. The zero-order valence-electron chi connectivity index (χ0n) is 8.42. The van der Waals surface area contributed by atoms with E-state index in [9.17, 15) is 8.42 Å². The van der Waals surface area contributed by atoms with Crippen LogP contribution >= 0.6 is 0 Å². The monoisotopic (exact) mass is 232 g/mol. The van der Waals surface area contributed by atoms with Crippen molar-refractivity contribution in [2.24, 2.45) is 5.14 Å². The van der Waals surface area contributed by atoms with Crippen LogP contribution in [-0.2, 0) is 10.0 Å². The first-order valence-electron chi connectivity index (χ1n) is 4.67. The van der Waals surface area contributed by atoms with Gasteiger partial charge in [0.15, 0.2) is 0 Å². The Kier molecular flexibility index (Phi) is 2.77. The molecule has 0 aliphatic carbocycles. The highest BCUT2D eigenvalue weighted by molar-refractivity contribution is 7.89. The van der Waals surface area contributed by atoms with Crippen LogP contribution in [0.2, 0.25) is 0 Å². The summed E-state index contributed by atoms with van der Waals surface area (Å²) < 4.78 is 22.1. The zero-order chi connectivity index (χ0) is 11.6. The summed E-state index contributed by atoms with van der Waals surface area (Å²) in [5, 5.41) is 5.01. The van der Waals surface area contributed by atoms with Gasteiger partial charge in [0.1, 0.15) is 0 Å². The van der Waals surface area contributed by atoms with Gasteiger partial charge in [0.25, 0.3) is 0 Å². The minimum atomic E-state index is -3.61. The van der Waals surface area contributed by atoms with E-state index >= 15 is 0 Å². The summed E-state index contributed by atoms with van der Waals surface area (Å²) in [5.41, 5.74) is 1.83. The first kappa shape index (κ1) is 10.9. The number of hydrogen-bond acceptors (Lipinski definition) is 2. The third-order valence-corrected chi connectivity index (χ3v) is 3.13. The van der Waals surface area contributed by atoms with Crippen molar-refractivity contribution in [2.45, 2.75) is 4.90 Å². The molecule has 2 rings (SSSR count). The van der Waals surface area contributed by atoms with E-state index in [2.05, 4.69) is 6.07 Å². The summed E-state index contributed by atoms with van der Waals surface area (Å²) in [6.07, 6.45) is 0. The van der Waals surface area contributed by atoms with Crippen LogP contribution in [0.4, 0.5) is 0 Å². The number of benzene rings is 2. The molecule has 0 spiro atoms. The lowest BCUT2D eigenvalue weighted by atomic mass is 10.1. The van der Waals surface area contributed by atoms with Gasteiger partial charge in [0.05, 0.1) is 4.90 Å². The minimum absolute atomic E-state index is 0.118. The fourth-order valence-electron chi connectivity index (χ4n) is 1.40. The van der Waals surface area contributed by atoms with Gasteiger partial charge in [0.2, 0.25) is 10.0 Å². The van der Waals surface area contributed by atoms with E-state index in [0.717, 1.165) is 11.1 Å². The minimum Gasteiger partial charge on any atom is -0.225 e. The highest BCUT2D eigenvalue weighted by Gasteiger charge is 2.06. The lowest BCUT2D eigenvalue weighted by Gasteiger charge is -2.02. The van der Waals surface area contributed by atoms with Gasteiger partial charge in [0, 0.05) is 0 Å². The van der Waals surface area contributed by atoms with Crippen molar-refractivity contribution in [2.75, 3.05) is 0 Å². The Morgan fingerprint density at radius 2 is 1.69 bits per heavy atom. The van der Waals surface area contributed by atoms with Crippen molar-refractivity contribution in [3.8, 4) is 11.1 Å². The van der Waals surface area contributed by atoms with Crippen molar-refractivity contribution in [1.29, 1.82) is 0 Å². The summed E-state index contributed by atoms with van der Waals surface area (Å²) in [5.74, 6) is 0. The largest absolute Gasteiger partial charge is 0.238 e. The quantitative estimate of drug-likeness (QED) is 0.858. The smallest absolute Gasteiger partial charge is 0.225 e. The Morgan fingerprint density at radius 1 is 1.00 bits per heavy atom. The SMILES string of the molecule is NS(=O)(=O)c1ccc(-c2[c]cccc2)cc1. The third kappa shape index (κ3) is 2.29. The van der Waals surface area contributed by atoms with Crippen LogP contribution in [0.15, 0.2) is 53.4 Å². The lowest BCUT2D eigenvalue weighted by Crippen LogP contribution is -2.11. The van der Waals surface area contributed by atoms with E-state index in [-0.39, 0.29) is 4.90 Å². The van der Waals surface area contributed by atoms with Crippen LogP contribution in [0.3, 0.4) is 0 Å². The number of hydrogen-bond donors (Lipinski definition) is 1. The molecule has 2 aromatic rings. The molecule has 0 atom stereocenters. The molecule has 0 heterocycles. The second kappa shape index (κ2) is 4.08. The van der Waals surface area contributed by atoms with E-state index in [1.807, 2.05) is 24.3 Å². The Hall–Kier alpha value is -1.65. The maximum atomic E-state index is 11.1. The van der Waals surface area contributed by atoms with Crippen molar-refractivity contribution in [1.82, 2.24) is 0 Å². The zero-order valence-corrected chi connectivity index (χ0v) is 9.24. The van der Waals surface area contributed by atoms with Gasteiger partial charge < -0.3 is 0 Å². The summed E-state index contributed by atoms with van der Waals surface area (Å²) in [7, 11) is -3.61. The molecule has 1 radical (unpaired) electrons. The van der Waals surface area contributed by atoms with Gasteiger partial charge in [-0.25, -0.2) is 13.6 Å². The number of rotatable bonds is 2. The van der Waals surface area contributed by atoms with Crippen molar-refractivity contribution in [3.05, 3.63) is 54.6 Å². The first-order chi connectivity index (χ1) is 7.57. The van der Waals surface area contributed by atoms with E-state index in [1.165, 1.54) is 12.1 Å². The molecule has 16 heavy (non-hydrogen) atoms. The van der Waals surface area contributed by atoms with Gasteiger partial charge in [-0.05, 0) is 29.3 Å². The van der Waals surface area contributed by atoms with Gasteiger partial charge in [-0.3, -0.25) is 0 Å². The second-order valence-corrected chi connectivity index (χ2v) is 4.91. The molecule has 0 amide bonds. The van der Waals surface area contributed by atoms with Gasteiger partial charge in [-0.2, -0.15) is 0 Å². The van der Waals surface area contributed by atoms with Gasteiger partial charge in [-0.1, -0.05) is 36.4 Å². The summed E-state index contributed by atoms with van der Waals surface area (Å²) in [6.45, 7) is 0. The van der Waals surface area contributed by atoms with Crippen molar-refractivity contribution >= 4 is 10.0 Å². The standard InChI is InChI=1S/C12H10NO2S/c13-16(14,15)12-8-6-11(7-9-12)10-4-2-1-3-5-10/h1-4,6-9H,(H2,13,14,15). The Labute approximate surface area is 94.6 Å². The molecule has 4 heteroatoms. The average molecular weight is 232 g/mol. The fraction of sp³-hybridized carbons (Fsp3) is 0. The van der Waals surface area contributed by atoms with Crippen LogP contribution in [-0.4, -0.2) is 8.42 Å².